The van der Waals surface area contributed by atoms with Crippen molar-refractivity contribution < 1.29 is 179 Å². The number of unbranched alkanes of at least 4 members (excludes halogenated alkanes) is 10. The largest absolute Gasteiger partial charge is 0.505 e. The molecule has 0 rings (SSSR count). The van der Waals surface area contributed by atoms with Gasteiger partial charge in [-0.05, 0) is 12.8 Å². The van der Waals surface area contributed by atoms with E-state index in [2.05, 4.69) is 23.3 Å². The van der Waals surface area contributed by atoms with Crippen molar-refractivity contribution in [1.29, 1.82) is 0 Å². The van der Waals surface area contributed by atoms with Crippen LogP contribution < -0.4 is 0 Å². The first-order valence-corrected chi connectivity index (χ1v) is 15.8. The third-order valence-electron chi connectivity index (χ3n) is 3.45. The van der Waals surface area contributed by atoms with Crippen LogP contribution in [-0.2, 0) is 9.47 Å². The molecule has 36 heteroatoms. The molecule has 0 bridgehead atoms. The van der Waals surface area contributed by atoms with E-state index < -0.39 is 73.9 Å². The molecule has 0 amide bonds. The fraction of sp³-hybridized carbons (Fsp3) is 0.571. The molecule has 64 heavy (non-hydrogen) atoms. The first-order valence-electron chi connectivity index (χ1n) is 15.8. The minimum atomic E-state index is -1.83. The maximum atomic E-state index is 9.91. The van der Waals surface area contributed by atoms with Crippen LogP contribution in [0.3, 0.4) is 0 Å². The van der Waals surface area contributed by atoms with Gasteiger partial charge in [-0.1, -0.05) is 78.1 Å². The average molecular weight is 969 g/mol. The van der Waals surface area contributed by atoms with E-state index in [1.165, 1.54) is 51.4 Å². The molecule has 0 aliphatic rings. The number of ether oxygens (including phenoxy) is 2. The van der Waals surface area contributed by atoms with Gasteiger partial charge < -0.3 is 122 Å². The van der Waals surface area contributed by atoms with Gasteiger partial charge in [0, 0.05) is 0 Å². The van der Waals surface area contributed by atoms with Gasteiger partial charge in [0.1, 0.15) is 0 Å². The molecule has 0 atom stereocenters. The van der Waals surface area contributed by atoms with E-state index >= 15 is 0 Å². The Kier molecular flexibility index (Phi) is 112. The molecule has 0 aliphatic heterocycles. The zero-order valence-electron chi connectivity index (χ0n) is 33.5. The van der Waals surface area contributed by atoms with Crippen LogP contribution in [-0.4, -0.2) is 199 Å². The molecule has 0 spiro atoms. The highest BCUT2D eigenvalue weighted by molar-refractivity contribution is 5.57. The van der Waals surface area contributed by atoms with E-state index in [1.54, 1.807) is 0 Å². The van der Waals surface area contributed by atoms with Gasteiger partial charge in [-0.3, -0.25) is 0 Å². The molecule has 0 fully saturated rings. The molecule has 22 N–H and O–H groups in total. The van der Waals surface area contributed by atoms with Crippen molar-refractivity contribution in [3.8, 4) is 0 Å². The summed E-state index contributed by atoms with van der Waals surface area (Å²) < 4.78 is 8.73. The standard InChI is InChI=1S/2C9H18O3.10CH2O3/c2*1-2-3-4-5-6-7-8-12-9(10)11;10*2-1(3)4/h2*2-8H2,1H3,(H,10,11);10*(H2,2,3,4). The normalized spacial score (nSPS) is 7.41. The predicted molar refractivity (Wildman–Crippen MR) is 201 cm³/mol. The van der Waals surface area contributed by atoms with Gasteiger partial charge >= 0.3 is 73.9 Å². The summed E-state index contributed by atoms with van der Waals surface area (Å²) in [5.74, 6) is 0. The summed E-state index contributed by atoms with van der Waals surface area (Å²) >= 11 is 0. The lowest BCUT2D eigenvalue weighted by Crippen LogP contribution is -2.01. The molecule has 0 aliphatic carbocycles. The number of hydrogen-bond acceptors (Lipinski definition) is 14. The summed E-state index contributed by atoms with van der Waals surface area (Å²) in [6, 6.07) is 0. The van der Waals surface area contributed by atoms with E-state index in [4.69, 9.17) is 160 Å². The van der Waals surface area contributed by atoms with E-state index in [1.807, 2.05) is 0 Å². The van der Waals surface area contributed by atoms with Gasteiger partial charge in [-0.15, -0.1) is 0 Å². The summed E-state index contributed by atoms with van der Waals surface area (Å²) in [6.07, 6.45) is -6.86. The van der Waals surface area contributed by atoms with Crippen LogP contribution in [0.2, 0.25) is 0 Å². The van der Waals surface area contributed by atoms with Crippen molar-refractivity contribution in [2.45, 2.75) is 90.9 Å². The minimum Gasteiger partial charge on any atom is -0.450 e. The Morgan fingerprint density at radius 1 is 0.234 bits per heavy atom. The second-order valence-corrected chi connectivity index (χ2v) is 8.59. The number of carboxylic acid groups (broad SMARTS) is 22. The van der Waals surface area contributed by atoms with Crippen molar-refractivity contribution in [3.63, 3.8) is 0 Å². The van der Waals surface area contributed by atoms with Crippen molar-refractivity contribution in [2.24, 2.45) is 0 Å². The molecule has 36 nitrogen and oxygen atoms in total. The SMILES string of the molecule is CCCCCCCCOC(=O)O.CCCCCCCCOC(=O)O.O=C(O)O.O=C(O)O.O=C(O)O.O=C(O)O.O=C(O)O.O=C(O)O.O=C(O)O.O=C(O)O.O=C(O)O.O=C(O)O. The lowest BCUT2D eigenvalue weighted by molar-refractivity contribution is 0.0887. The van der Waals surface area contributed by atoms with Crippen molar-refractivity contribution in [1.82, 2.24) is 0 Å². The first-order chi connectivity index (χ1) is 28.9. The third-order valence-corrected chi connectivity index (χ3v) is 3.45. The Bertz CT molecular complexity index is 885. The van der Waals surface area contributed by atoms with Gasteiger partial charge in [0.2, 0.25) is 0 Å². The Balaban J connectivity index is -0.0000000480. The first kappa shape index (κ1) is 86.9. The summed E-state index contributed by atoms with van der Waals surface area (Å²) in [5.41, 5.74) is 0. The van der Waals surface area contributed by atoms with E-state index in [0.29, 0.717) is 13.2 Å². The second kappa shape index (κ2) is 82.2. The average Bonchev–Trinajstić information content (AvgIpc) is 3.01. The quantitative estimate of drug-likeness (QED) is 0.0574. The fourth-order valence-electron chi connectivity index (χ4n) is 2.08. The molecule has 0 aromatic heterocycles. The van der Waals surface area contributed by atoms with Crippen molar-refractivity contribution >= 4 is 73.9 Å². The highest BCUT2D eigenvalue weighted by atomic mass is 16.7. The number of rotatable bonds is 14. The Labute approximate surface area is 357 Å². The highest BCUT2D eigenvalue weighted by Gasteiger charge is 1.96. The number of carbonyl (C=O) groups is 12. The molecule has 384 valence electrons. The lowest BCUT2D eigenvalue weighted by Gasteiger charge is -2.00. The fourth-order valence-corrected chi connectivity index (χ4v) is 2.08. The Morgan fingerprint density at radius 2 is 0.344 bits per heavy atom. The zero-order valence-corrected chi connectivity index (χ0v) is 33.5. The van der Waals surface area contributed by atoms with Crippen LogP contribution in [0.25, 0.3) is 0 Å². The van der Waals surface area contributed by atoms with Gasteiger partial charge in [0.25, 0.3) is 0 Å². The smallest absolute Gasteiger partial charge is 0.450 e. The number of hydrogen-bond donors (Lipinski definition) is 22. The van der Waals surface area contributed by atoms with Crippen molar-refractivity contribution in [2.75, 3.05) is 13.2 Å². The molecule has 0 heterocycles. The summed E-state index contributed by atoms with van der Waals surface area (Å²) in [5, 5.41) is 156. The van der Waals surface area contributed by atoms with Gasteiger partial charge in [-0.2, -0.15) is 0 Å². The summed E-state index contributed by atoms with van der Waals surface area (Å²) in [4.78, 5) is 105. The topological polar surface area (TPSA) is 668 Å². The molecule has 0 radical (unpaired) electrons. The molecule has 0 saturated carbocycles. The lowest BCUT2D eigenvalue weighted by atomic mass is 10.1. The molecule has 0 aromatic carbocycles. The minimum absolute atomic E-state index is 0.349. The van der Waals surface area contributed by atoms with Crippen LogP contribution in [0.4, 0.5) is 57.5 Å². The Morgan fingerprint density at radius 3 is 0.453 bits per heavy atom. The van der Waals surface area contributed by atoms with Gasteiger partial charge in [-0.25, -0.2) is 57.5 Å². The van der Waals surface area contributed by atoms with Gasteiger partial charge in [0.05, 0.1) is 13.2 Å². The third kappa shape index (κ3) is 1700. The van der Waals surface area contributed by atoms with Crippen LogP contribution in [0, 0.1) is 0 Å². The molecule has 0 aromatic rings. The van der Waals surface area contributed by atoms with Crippen LogP contribution in [0.5, 0.6) is 0 Å². The van der Waals surface area contributed by atoms with Crippen molar-refractivity contribution in [3.05, 3.63) is 0 Å². The molecule has 0 saturated heterocycles. The van der Waals surface area contributed by atoms with E-state index in [-0.39, 0.29) is 0 Å². The second-order valence-electron chi connectivity index (χ2n) is 8.59. The predicted octanol–water partition coefficient (Wildman–Crippen LogP) is 8.31. The molecular formula is C28H56O36. The molecular weight excluding hydrogens is 912 g/mol. The highest BCUT2D eigenvalue weighted by Crippen LogP contribution is 2.05. The summed E-state index contributed by atoms with van der Waals surface area (Å²) in [6.45, 7) is 5.05. The van der Waals surface area contributed by atoms with Crippen LogP contribution in [0.1, 0.15) is 90.9 Å². The monoisotopic (exact) mass is 968 g/mol. The zero-order chi connectivity index (χ0) is 54.2. The maximum absolute atomic E-state index is 9.91. The van der Waals surface area contributed by atoms with Crippen LogP contribution >= 0.6 is 0 Å². The van der Waals surface area contributed by atoms with E-state index in [0.717, 1.165) is 25.7 Å². The van der Waals surface area contributed by atoms with Gasteiger partial charge in [0.15, 0.2) is 0 Å². The molecule has 0 unspecified atom stereocenters. The maximum Gasteiger partial charge on any atom is 0.505 e. The van der Waals surface area contributed by atoms with E-state index in [9.17, 15) is 9.59 Å². The van der Waals surface area contributed by atoms with Crippen LogP contribution in [0.15, 0.2) is 0 Å². The Hall–Kier alpha value is -8.76. The summed E-state index contributed by atoms with van der Waals surface area (Å²) in [7, 11) is 0.